The van der Waals surface area contributed by atoms with Gasteiger partial charge in [-0.1, -0.05) is 6.07 Å². The van der Waals surface area contributed by atoms with Gasteiger partial charge in [-0.15, -0.1) is 0 Å². The van der Waals surface area contributed by atoms with Crippen LogP contribution >= 0.6 is 0 Å². The van der Waals surface area contributed by atoms with Gasteiger partial charge in [-0.2, -0.15) is 5.10 Å². The molecular formula is C24H28N6O3S. The topological polar surface area (TPSA) is 128 Å². The smallest absolute Gasteiger partial charge is 0.240 e. The first-order valence-corrected chi connectivity index (χ1v) is 12.8. The molecule has 4 aromatic rings. The summed E-state index contributed by atoms with van der Waals surface area (Å²) in [5, 5.41) is 13.9. The lowest BCUT2D eigenvalue weighted by Crippen LogP contribution is -2.38. The van der Waals surface area contributed by atoms with E-state index in [1.54, 1.807) is 35.3 Å². The number of aryl methyl sites for hydroxylation is 2. The molecule has 5 rings (SSSR count). The predicted molar refractivity (Wildman–Crippen MR) is 131 cm³/mol. The van der Waals surface area contributed by atoms with E-state index in [0.717, 1.165) is 27.9 Å². The van der Waals surface area contributed by atoms with E-state index in [2.05, 4.69) is 14.8 Å². The molecule has 10 heteroatoms. The average molecular weight is 481 g/mol. The minimum absolute atomic E-state index is 0.167. The highest BCUT2D eigenvalue weighted by atomic mass is 32.2. The normalized spacial score (nSPS) is 19.0. The average Bonchev–Trinajstić information content (AvgIpc) is 3.42. The van der Waals surface area contributed by atoms with Gasteiger partial charge in [0.25, 0.3) is 0 Å². The fourth-order valence-corrected chi connectivity index (χ4v) is 5.94. The number of aliphatic hydroxyl groups excluding tert-OH is 1. The molecule has 1 aliphatic rings. The lowest BCUT2D eigenvalue weighted by Gasteiger charge is -2.26. The Labute approximate surface area is 198 Å². The van der Waals surface area contributed by atoms with Gasteiger partial charge in [0.05, 0.1) is 34.8 Å². The molecule has 1 aromatic carbocycles. The van der Waals surface area contributed by atoms with Crippen LogP contribution in [0, 0.1) is 6.92 Å². The Bertz CT molecular complexity index is 1470. The Morgan fingerprint density at radius 3 is 2.59 bits per heavy atom. The van der Waals surface area contributed by atoms with E-state index in [0.29, 0.717) is 37.0 Å². The van der Waals surface area contributed by atoms with Crippen LogP contribution in [0.4, 0.5) is 5.69 Å². The highest BCUT2D eigenvalue weighted by Crippen LogP contribution is 2.33. The van der Waals surface area contributed by atoms with Crippen molar-refractivity contribution >= 4 is 21.4 Å². The standard InChI is InChI=1S/C24H28N6O3S/c1-15-3-8-19(34(32,33)28-17-4-6-18(31)7-5-17)11-21(15)22-13-26-24-23(25)20(9-10-30(22)24)16-12-27-29(2)14-16/h3,8-14,17-18,28,31H,4-7,25H2,1-2H3. The number of anilines is 1. The third-order valence-electron chi connectivity index (χ3n) is 6.55. The number of fused-ring (bicyclic) bond motifs is 1. The third kappa shape index (κ3) is 4.08. The second-order valence-electron chi connectivity index (χ2n) is 8.99. The number of hydrogen-bond donors (Lipinski definition) is 3. The number of nitrogen functional groups attached to an aromatic ring is 1. The summed E-state index contributed by atoms with van der Waals surface area (Å²) in [7, 11) is -1.86. The molecule has 3 heterocycles. The number of benzene rings is 1. The monoisotopic (exact) mass is 480 g/mol. The molecule has 1 aliphatic carbocycles. The first-order valence-electron chi connectivity index (χ1n) is 11.3. The van der Waals surface area contributed by atoms with Crippen molar-refractivity contribution in [3.8, 4) is 22.4 Å². The Morgan fingerprint density at radius 2 is 1.88 bits per heavy atom. The van der Waals surface area contributed by atoms with Gasteiger partial charge in [-0.05, 0) is 56.4 Å². The van der Waals surface area contributed by atoms with Crippen LogP contribution in [0.2, 0.25) is 0 Å². The number of sulfonamides is 1. The molecule has 0 aliphatic heterocycles. The molecule has 0 radical (unpaired) electrons. The molecule has 3 aromatic heterocycles. The SMILES string of the molecule is Cc1ccc(S(=O)(=O)NC2CCC(O)CC2)cc1-c1cnc2c(N)c(-c3cnn(C)c3)ccn12. The summed E-state index contributed by atoms with van der Waals surface area (Å²) in [4.78, 5) is 4.75. The summed E-state index contributed by atoms with van der Waals surface area (Å²) in [6, 6.07) is 6.86. The van der Waals surface area contributed by atoms with Crippen LogP contribution in [-0.4, -0.2) is 44.8 Å². The summed E-state index contributed by atoms with van der Waals surface area (Å²) < 4.78 is 32.6. The van der Waals surface area contributed by atoms with Crippen LogP contribution in [0.15, 0.2) is 53.9 Å². The van der Waals surface area contributed by atoms with E-state index in [1.165, 1.54) is 0 Å². The van der Waals surface area contributed by atoms with Crippen molar-refractivity contribution in [1.82, 2.24) is 23.9 Å². The summed E-state index contributed by atoms with van der Waals surface area (Å²) in [5.41, 5.74) is 11.8. The highest BCUT2D eigenvalue weighted by molar-refractivity contribution is 7.89. The van der Waals surface area contributed by atoms with Crippen molar-refractivity contribution in [2.45, 2.75) is 49.6 Å². The Morgan fingerprint density at radius 1 is 1.12 bits per heavy atom. The van der Waals surface area contributed by atoms with Crippen LogP contribution < -0.4 is 10.5 Å². The van der Waals surface area contributed by atoms with Crippen molar-refractivity contribution in [1.29, 1.82) is 0 Å². The molecule has 1 fully saturated rings. The maximum atomic E-state index is 13.1. The maximum Gasteiger partial charge on any atom is 0.240 e. The van der Waals surface area contributed by atoms with E-state index in [-0.39, 0.29) is 17.0 Å². The fraction of sp³-hybridized carbons (Fsp3) is 0.333. The van der Waals surface area contributed by atoms with Crippen molar-refractivity contribution in [2.75, 3.05) is 5.73 Å². The van der Waals surface area contributed by atoms with Gasteiger partial charge in [-0.25, -0.2) is 18.1 Å². The molecule has 0 spiro atoms. The molecule has 9 nitrogen and oxygen atoms in total. The second kappa shape index (κ2) is 8.53. The van der Waals surface area contributed by atoms with Crippen molar-refractivity contribution in [3.63, 3.8) is 0 Å². The molecule has 0 amide bonds. The molecule has 0 bridgehead atoms. The Hall–Kier alpha value is -3.21. The highest BCUT2D eigenvalue weighted by Gasteiger charge is 2.25. The van der Waals surface area contributed by atoms with Crippen molar-refractivity contribution in [2.24, 2.45) is 7.05 Å². The zero-order valence-electron chi connectivity index (χ0n) is 19.1. The minimum atomic E-state index is -3.70. The van der Waals surface area contributed by atoms with Crippen LogP contribution in [0.3, 0.4) is 0 Å². The number of rotatable bonds is 5. The molecule has 0 atom stereocenters. The summed E-state index contributed by atoms with van der Waals surface area (Å²) in [6.07, 6.45) is 9.39. The number of nitrogens with zero attached hydrogens (tertiary/aromatic N) is 4. The number of imidazole rings is 1. The molecule has 0 unspecified atom stereocenters. The lowest BCUT2D eigenvalue weighted by molar-refractivity contribution is 0.120. The number of nitrogens with one attached hydrogen (secondary N) is 1. The number of hydrogen-bond acceptors (Lipinski definition) is 6. The molecule has 178 valence electrons. The van der Waals surface area contributed by atoms with Gasteiger partial charge in [-0.3, -0.25) is 9.08 Å². The van der Waals surface area contributed by atoms with Gasteiger partial charge in [0, 0.05) is 42.2 Å². The number of pyridine rings is 1. The predicted octanol–water partition coefficient (Wildman–Crippen LogP) is 2.87. The fourth-order valence-electron chi connectivity index (χ4n) is 4.61. The van der Waals surface area contributed by atoms with E-state index in [9.17, 15) is 13.5 Å². The van der Waals surface area contributed by atoms with E-state index >= 15 is 0 Å². The molecule has 1 saturated carbocycles. The largest absolute Gasteiger partial charge is 0.395 e. The first-order chi connectivity index (χ1) is 16.2. The van der Waals surface area contributed by atoms with Crippen LogP contribution in [-0.2, 0) is 17.1 Å². The van der Waals surface area contributed by atoms with Crippen molar-refractivity contribution < 1.29 is 13.5 Å². The molecule has 34 heavy (non-hydrogen) atoms. The van der Waals surface area contributed by atoms with Gasteiger partial charge in [0.2, 0.25) is 10.0 Å². The third-order valence-corrected chi connectivity index (χ3v) is 8.07. The van der Waals surface area contributed by atoms with Crippen molar-refractivity contribution in [3.05, 3.63) is 54.6 Å². The number of aromatic nitrogens is 4. The summed E-state index contributed by atoms with van der Waals surface area (Å²) >= 11 is 0. The van der Waals surface area contributed by atoms with Crippen LogP contribution in [0.5, 0.6) is 0 Å². The van der Waals surface area contributed by atoms with E-state index in [1.807, 2.05) is 36.8 Å². The molecule has 0 saturated heterocycles. The first kappa shape index (κ1) is 22.6. The van der Waals surface area contributed by atoms with E-state index < -0.39 is 10.0 Å². The van der Waals surface area contributed by atoms with Gasteiger partial charge >= 0.3 is 0 Å². The Kier molecular flexibility index (Phi) is 5.67. The molecule has 4 N–H and O–H groups in total. The van der Waals surface area contributed by atoms with E-state index in [4.69, 9.17) is 5.73 Å². The number of aliphatic hydroxyl groups is 1. The molecular weight excluding hydrogens is 452 g/mol. The lowest BCUT2D eigenvalue weighted by atomic mass is 9.94. The second-order valence-corrected chi connectivity index (χ2v) is 10.7. The Balaban J connectivity index is 1.51. The summed E-state index contributed by atoms with van der Waals surface area (Å²) in [6.45, 7) is 1.94. The van der Waals surface area contributed by atoms with Gasteiger partial charge in [0.15, 0.2) is 5.65 Å². The van der Waals surface area contributed by atoms with Crippen LogP contribution in [0.25, 0.3) is 28.0 Å². The number of nitrogens with two attached hydrogens (primary N) is 1. The minimum Gasteiger partial charge on any atom is -0.395 e. The zero-order chi connectivity index (χ0) is 24.0. The zero-order valence-corrected chi connectivity index (χ0v) is 20.0. The van der Waals surface area contributed by atoms with Gasteiger partial charge in [0.1, 0.15) is 0 Å². The quantitative estimate of drug-likeness (QED) is 0.403. The maximum absolute atomic E-state index is 13.1. The summed E-state index contributed by atoms with van der Waals surface area (Å²) in [5.74, 6) is 0. The van der Waals surface area contributed by atoms with Crippen LogP contribution in [0.1, 0.15) is 31.2 Å². The van der Waals surface area contributed by atoms with Gasteiger partial charge < -0.3 is 10.8 Å².